The molecule has 0 radical (unpaired) electrons. The van der Waals surface area contributed by atoms with E-state index in [0.29, 0.717) is 30.3 Å². The molecule has 2 aromatic carbocycles. The van der Waals surface area contributed by atoms with Gasteiger partial charge >= 0.3 is 0 Å². The molecule has 0 fully saturated rings. The Morgan fingerprint density at radius 3 is 2.45 bits per heavy atom. The van der Waals surface area contributed by atoms with Crippen molar-refractivity contribution < 1.29 is 9.53 Å². The van der Waals surface area contributed by atoms with Crippen molar-refractivity contribution in [3.05, 3.63) is 65.2 Å². The Morgan fingerprint density at radius 2 is 1.75 bits per heavy atom. The van der Waals surface area contributed by atoms with Crippen LogP contribution >= 0.6 is 11.6 Å². The van der Waals surface area contributed by atoms with Crippen molar-refractivity contribution in [2.45, 2.75) is 13.0 Å². The maximum absolute atomic E-state index is 11.6. The number of rotatable bonds is 6. The average molecular weight is 290 g/mol. The molecule has 0 saturated carbocycles. The molecule has 0 bridgehead atoms. The SMILES string of the molecule is O=C(CCOc1ccc(Cl)cc1)NCc1ccccc1. The first-order valence-electron chi connectivity index (χ1n) is 6.43. The number of benzene rings is 2. The standard InChI is InChI=1S/C16H16ClNO2/c17-14-6-8-15(9-7-14)20-11-10-16(19)18-12-13-4-2-1-3-5-13/h1-9H,10-12H2,(H,18,19). The van der Waals surface area contributed by atoms with Crippen molar-refractivity contribution in [2.24, 2.45) is 0 Å². The lowest BCUT2D eigenvalue weighted by Crippen LogP contribution is -2.24. The molecule has 1 N–H and O–H groups in total. The molecular weight excluding hydrogens is 274 g/mol. The zero-order valence-corrected chi connectivity index (χ0v) is 11.8. The summed E-state index contributed by atoms with van der Waals surface area (Å²) in [7, 11) is 0. The van der Waals surface area contributed by atoms with Crippen LogP contribution in [0.15, 0.2) is 54.6 Å². The van der Waals surface area contributed by atoms with Gasteiger partial charge in [-0.3, -0.25) is 4.79 Å². The first-order chi connectivity index (χ1) is 9.74. The van der Waals surface area contributed by atoms with Crippen molar-refractivity contribution in [1.82, 2.24) is 5.32 Å². The lowest BCUT2D eigenvalue weighted by molar-refractivity contribution is -0.121. The van der Waals surface area contributed by atoms with E-state index in [1.807, 2.05) is 30.3 Å². The molecule has 0 heterocycles. The number of halogens is 1. The molecule has 0 saturated heterocycles. The maximum Gasteiger partial charge on any atom is 0.223 e. The van der Waals surface area contributed by atoms with Crippen LogP contribution in [0, 0.1) is 0 Å². The quantitative estimate of drug-likeness (QED) is 0.885. The normalized spacial score (nSPS) is 10.1. The number of carbonyl (C=O) groups is 1. The summed E-state index contributed by atoms with van der Waals surface area (Å²) in [5, 5.41) is 3.52. The van der Waals surface area contributed by atoms with E-state index in [1.165, 1.54) is 0 Å². The smallest absolute Gasteiger partial charge is 0.223 e. The molecule has 0 spiro atoms. The van der Waals surface area contributed by atoms with E-state index in [4.69, 9.17) is 16.3 Å². The van der Waals surface area contributed by atoms with Gasteiger partial charge in [-0.2, -0.15) is 0 Å². The van der Waals surface area contributed by atoms with E-state index < -0.39 is 0 Å². The van der Waals surface area contributed by atoms with Gasteiger partial charge in [-0.05, 0) is 29.8 Å². The highest BCUT2D eigenvalue weighted by atomic mass is 35.5. The molecule has 4 heteroatoms. The molecule has 0 aliphatic rings. The molecule has 0 aromatic heterocycles. The Bertz CT molecular complexity index is 540. The second-order valence-corrected chi connectivity index (χ2v) is 4.75. The van der Waals surface area contributed by atoms with Crippen LogP contribution in [0.3, 0.4) is 0 Å². The van der Waals surface area contributed by atoms with Gasteiger partial charge in [-0.25, -0.2) is 0 Å². The molecule has 1 amide bonds. The van der Waals surface area contributed by atoms with E-state index in [1.54, 1.807) is 24.3 Å². The summed E-state index contributed by atoms with van der Waals surface area (Å²) in [5.41, 5.74) is 1.08. The third-order valence-electron chi connectivity index (χ3n) is 2.74. The van der Waals surface area contributed by atoms with E-state index in [-0.39, 0.29) is 5.91 Å². The zero-order valence-electron chi connectivity index (χ0n) is 11.0. The lowest BCUT2D eigenvalue weighted by Gasteiger charge is -2.07. The Morgan fingerprint density at radius 1 is 1.05 bits per heavy atom. The second kappa shape index (κ2) is 7.56. The predicted molar refractivity (Wildman–Crippen MR) is 79.9 cm³/mol. The zero-order chi connectivity index (χ0) is 14.2. The summed E-state index contributed by atoms with van der Waals surface area (Å²) in [6.07, 6.45) is 0.329. The van der Waals surface area contributed by atoms with Crippen molar-refractivity contribution in [1.29, 1.82) is 0 Å². The van der Waals surface area contributed by atoms with E-state index in [9.17, 15) is 4.79 Å². The Kier molecular flexibility index (Phi) is 5.44. The Balaban J connectivity index is 1.66. The van der Waals surface area contributed by atoms with Gasteiger partial charge in [0.25, 0.3) is 0 Å². The third-order valence-corrected chi connectivity index (χ3v) is 3.00. The molecule has 104 valence electrons. The van der Waals surface area contributed by atoms with E-state index in [0.717, 1.165) is 5.56 Å². The third kappa shape index (κ3) is 4.94. The van der Waals surface area contributed by atoms with Gasteiger partial charge < -0.3 is 10.1 Å². The average Bonchev–Trinajstić information content (AvgIpc) is 2.48. The van der Waals surface area contributed by atoms with Crippen LogP contribution in [-0.2, 0) is 11.3 Å². The topological polar surface area (TPSA) is 38.3 Å². The van der Waals surface area contributed by atoms with Crippen LogP contribution in [0.4, 0.5) is 0 Å². The summed E-state index contributed by atoms with van der Waals surface area (Å²) >= 11 is 5.78. The number of carbonyl (C=O) groups excluding carboxylic acids is 1. The highest BCUT2D eigenvalue weighted by molar-refractivity contribution is 6.30. The highest BCUT2D eigenvalue weighted by Crippen LogP contribution is 2.15. The van der Waals surface area contributed by atoms with Gasteiger partial charge in [-0.15, -0.1) is 0 Å². The summed E-state index contributed by atoms with van der Waals surface area (Å²) in [6, 6.07) is 16.9. The van der Waals surface area contributed by atoms with Crippen LogP contribution in [0.1, 0.15) is 12.0 Å². The molecular formula is C16H16ClNO2. The Hall–Kier alpha value is -2.00. The first kappa shape index (κ1) is 14.4. The van der Waals surface area contributed by atoms with Crippen LogP contribution < -0.4 is 10.1 Å². The van der Waals surface area contributed by atoms with E-state index >= 15 is 0 Å². The van der Waals surface area contributed by atoms with Crippen molar-refractivity contribution in [2.75, 3.05) is 6.61 Å². The molecule has 3 nitrogen and oxygen atoms in total. The molecule has 0 atom stereocenters. The van der Waals surface area contributed by atoms with E-state index in [2.05, 4.69) is 5.32 Å². The number of hydrogen-bond donors (Lipinski definition) is 1. The number of ether oxygens (including phenoxy) is 1. The number of nitrogens with one attached hydrogen (secondary N) is 1. The fraction of sp³-hybridized carbons (Fsp3) is 0.188. The predicted octanol–water partition coefficient (Wildman–Crippen LogP) is 3.43. The van der Waals surface area contributed by atoms with Gasteiger partial charge in [0.2, 0.25) is 5.91 Å². The van der Waals surface area contributed by atoms with Crippen molar-refractivity contribution in [3.8, 4) is 5.75 Å². The second-order valence-electron chi connectivity index (χ2n) is 4.31. The van der Waals surface area contributed by atoms with Gasteiger partial charge in [0.1, 0.15) is 5.75 Å². The van der Waals surface area contributed by atoms with Gasteiger partial charge in [-0.1, -0.05) is 41.9 Å². The largest absolute Gasteiger partial charge is 0.493 e. The summed E-state index contributed by atoms with van der Waals surface area (Å²) in [4.78, 5) is 11.6. The molecule has 0 unspecified atom stereocenters. The molecule has 20 heavy (non-hydrogen) atoms. The Labute approximate surface area is 123 Å². The van der Waals surface area contributed by atoms with Gasteiger partial charge in [0, 0.05) is 11.6 Å². The minimum Gasteiger partial charge on any atom is -0.493 e. The first-order valence-corrected chi connectivity index (χ1v) is 6.81. The lowest BCUT2D eigenvalue weighted by atomic mass is 10.2. The molecule has 0 aliphatic heterocycles. The minimum absolute atomic E-state index is 0.0252. The number of amides is 1. The van der Waals surface area contributed by atoms with Gasteiger partial charge in [0.05, 0.1) is 13.0 Å². The van der Waals surface area contributed by atoms with Crippen molar-refractivity contribution in [3.63, 3.8) is 0 Å². The fourth-order valence-electron chi connectivity index (χ4n) is 1.68. The highest BCUT2D eigenvalue weighted by Gasteiger charge is 2.02. The monoisotopic (exact) mass is 289 g/mol. The summed E-state index contributed by atoms with van der Waals surface area (Å²) < 4.78 is 5.46. The number of hydrogen-bond acceptors (Lipinski definition) is 2. The van der Waals surface area contributed by atoms with Gasteiger partial charge in [0.15, 0.2) is 0 Å². The van der Waals surface area contributed by atoms with Crippen LogP contribution in [0.5, 0.6) is 5.75 Å². The molecule has 2 aromatic rings. The van der Waals surface area contributed by atoms with Crippen LogP contribution in [-0.4, -0.2) is 12.5 Å². The molecule has 2 rings (SSSR count). The summed E-state index contributed by atoms with van der Waals surface area (Å²) in [6.45, 7) is 0.892. The van der Waals surface area contributed by atoms with Crippen LogP contribution in [0.25, 0.3) is 0 Å². The molecule has 0 aliphatic carbocycles. The summed E-state index contributed by atoms with van der Waals surface area (Å²) in [5.74, 6) is 0.688. The minimum atomic E-state index is -0.0252. The van der Waals surface area contributed by atoms with Crippen molar-refractivity contribution >= 4 is 17.5 Å². The maximum atomic E-state index is 11.6. The fourth-order valence-corrected chi connectivity index (χ4v) is 1.80. The van der Waals surface area contributed by atoms with Crippen LogP contribution in [0.2, 0.25) is 5.02 Å².